The number of likely N-dealkylation sites (tertiary alicyclic amines) is 1. The summed E-state index contributed by atoms with van der Waals surface area (Å²) in [6.45, 7) is 2.92. The van der Waals surface area contributed by atoms with Crippen molar-refractivity contribution in [1.82, 2.24) is 4.90 Å². The van der Waals surface area contributed by atoms with Gasteiger partial charge in [0.05, 0.1) is 18.1 Å². The van der Waals surface area contributed by atoms with Crippen LogP contribution < -0.4 is 4.74 Å². The van der Waals surface area contributed by atoms with Crippen molar-refractivity contribution < 1.29 is 19.1 Å². The van der Waals surface area contributed by atoms with Crippen molar-refractivity contribution in [3.8, 4) is 5.75 Å². The van der Waals surface area contributed by atoms with E-state index in [1.807, 2.05) is 19.1 Å². The Morgan fingerprint density at radius 2 is 2.00 bits per heavy atom. The molecule has 0 radical (unpaired) electrons. The maximum absolute atomic E-state index is 12.2. The van der Waals surface area contributed by atoms with E-state index >= 15 is 0 Å². The lowest BCUT2D eigenvalue weighted by Gasteiger charge is -2.30. The molecule has 1 aromatic rings. The number of benzene rings is 1. The van der Waals surface area contributed by atoms with Gasteiger partial charge in [-0.1, -0.05) is 23.7 Å². The molecule has 1 heterocycles. The van der Waals surface area contributed by atoms with Crippen molar-refractivity contribution in [3.63, 3.8) is 0 Å². The molecule has 0 aromatic heterocycles. The summed E-state index contributed by atoms with van der Waals surface area (Å²) in [5.74, 6) is 0.139. The van der Waals surface area contributed by atoms with Crippen molar-refractivity contribution in [3.05, 3.63) is 28.8 Å². The zero-order chi connectivity index (χ0) is 16.1. The third-order valence-electron chi connectivity index (χ3n) is 3.89. The van der Waals surface area contributed by atoms with Crippen LogP contribution in [0.3, 0.4) is 0 Å². The second-order valence-electron chi connectivity index (χ2n) is 5.35. The molecule has 5 nitrogen and oxygen atoms in total. The fourth-order valence-corrected chi connectivity index (χ4v) is 2.83. The topological polar surface area (TPSA) is 55.8 Å². The number of piperidine rings is 1. The Balaban J connectivity index is 1.85. The smallest absolute Gasteiger partial charge is 0.308 e. The summed E-state index contributed by atoms with van der Waals surface area (Å²) in [7, 11) is 1.39. The predicted molar refractivity (Wildman–Crippen MR) is 83.0 cm³/mol. The van der Waals surface area contributed by atoms with E-state index in [1.54, 1.807) is 11.0 Å². The molecular weight excluding hydrogens is 306 g/mol. The molecule has 0 bridgehead atoms. The Labute approximate surface area is 135 Å². The molecule has 0 atom stereocenters. The Hall–Kier alpha value is -1.75. The first-order valence-electron chi connectivity index (χ1n) is 7.26. The van der Waals surface area contributed by atoms with E-state index < -0.39 is 0 Å². The molecule has 1 saturated heterocycles. The molecule has 1 fully saturated rings. The predicted octanol–water partition coefficient (Wildman–Crippen LogP) is 2.44. The van der Waals surface area contributed by atoms with E-state index in [9.17, 15) is 9.59 Å². The van der Waals surface area contributed by atoms with E-state index in [2.05, 4.69) is 0 Å². The summed E-state index contributed by atoms with van der Waals surface area (Å²) < 4.78 is 10.3. The molecule has 1 amide bonds. The summed E-state index contributed by atoms with van der Waals surface area (Å²) in [4.78, 5) is 25.4. The number of para-hydroxylation sites is 1. The minimum atomic E-state index is -0.199. The average Bonchev–Trinajstić information content (AvgIpc) is 2.53. The molecule has 22 heavy (non-hydrogen) atoms. The lowest BCUT2D eigenvalue weighted by molar-refractivity contribution is -0.149. The number of esters is 1. The van der Waals surface area contributed by atoms with Gasteiger partial charge in [-0.15, -0.1) is 0 Å². The quantitative estimate of drug-likeness (QED) is 0.798. The Kier molecular flexibility index (Phi) is 5.66. The number of ether oxygens (including phenoxy) is 2. The lowest BCUT2D eigenvalue weighted by Crippen LogP contribution is -2.42. The van der Waals surface area contributed by atoms with E-state index in [1.165, 1.54) is 7.11 Å². The number of carbonyl (C=O) groups is 2. The van der Waals surface area contributed by atoms with Crippen LogP contribution in [0.4, 0.5) is 0 Å². The fourth-order valence-electron chi connectivity index (χ4n) is 2.56. The summed E-state index contributed by atoms with van der Waals surface area (Å²) in [6, 6.07) is 5.45. The van der Waals surface area contributed by atoms with Crippen LogP contribution >= 0.6 is 11.6 Å². The molecule has 1 aromatic carbocycles. The number of hydrogen-bond donors (Lipinski definition) is 0. The zero-order valence-electron chi connectivity index (χ0n) is 12.8. The third-order valence-corrected chi connectivity index (χ3v) is 4.18. The highest BCUT2D eigenvalue weighted by molar-refractivity contribution is 6.32. The van der Waals surface area contributed by atoms with Crippen molar-refractivity contribution in [2.45, 2.75) is 19.8 Å². The number of rotatable bonds is 4. The van der Waals surface area contributed by atoms with Gasteiger partial charge in [-0.2, -0.15) is 0 Å². The molecule has 120 valence electrons. The van der Waals surface area contributed by atoms with Gasteiger partial charge in [0.15, 0.2) is 6.61 Å². The van der Waals surface area contributed by atoms with Gasteiger partial charge in [0.25, 0.3) is 5.91 Å². The Morgan fingerprint density at radius 1 is 1.32 bits per heavy atom. The maximum Gasteiger partial charge on any atom is 0.308 e. The van der Waals surface area contributed by atoms with Gasteiger partial charge in [-0.25, -0.2) is 0 Å². The molecular formula is C16H20ClNO4. The summed E-state index contributed by atoms with van der Waals surface area (Å²) in [6.07, 6.45) is 1.26. The van der Waals surface area contributed by atoms with E-state index in [4.69, 9.17) is 21.1 Å². The van der Waals surface area contributed by atoms with Crippen LogP contribution in [0.2, 0.25) is 5.02 Å². The molecule has 2 rings (SSSR count). The molecule has 0 unspecified atom stereocenters. The first-order valence-corrected chi connectivity index (χ1v) is 7.64. The summed E-state index contributed by atoms with van der Waals surface area (Å²) in [5.41, 5.74) is 0.893. The SMILES string of the molecule is COC(=O)C1CCN(C(=O)COc2c(C)cccc2Cl)CC1. The van der Waals surface area contributed by atoms with Crippen LogP contribution in [-0.4, -0.2) is 43.6 Å². The highest BCUT2D eigenvalue weighted by Gasteiger charge is 2.28. The van der Waals surface area contributed by atoms with Crippen LogP contribution in [0, 0.1) is 12.8 Å². The van der Waals surface area contributed by atoms with Gasteiger partial charge in [-0.3, -0.25) is 9.59 Å². The largest absolute Gasteiger partial charge is 0.482 e. The number of halogens is 1. The van der Waals surface area contributed by atoms with Crippen LogP contribution in [0.25, 0.3) is 0 Å². The average molecular weight is 326 g/mol. The number of carbonyl (C=O) groups excluding carboxylic acids is 2. The van der Waals surface area contributed by atoms with Gasteiger partial charge in [-0.05, 0) is 31.4 Å². The standard InChI is InChI=1S/C16H20ClNO4/c1-11-4-3-5-13(17)15(11)22-10-14(19)18-8-6-12(7-9-18)16(20)21-2/h3-5,12H,6-10H2,1-2H3. The summed E-state index contributed by atoms with van der Waals surface area (Å²) >= 11 is 6.07. The third kappa shape index (κ3) is 3.91. The van der Waals surface area contributed by atoms with Gasteiger partial charge < -0.3 is 14.4 Å². The molecule has 0 aliphatic carbocycles. The number of methoxy groups -OCH3 is 1. The van der Waals surface area contributed by atoms with Crippen LogP contribution in [0.5, 0.6) is 5.75 Å². The molecule has 1 aliphatic rings. The van der Waals surface area contributed by atoms with Crippen LogP contribution in [0.15, 0.2) is 18.2 Å². The summed E-state index contributed by atoms with van der Waals surface area (Å²) in [5, 5.41) is 0.497. The van der Waals surface area contributed by atoms with Crippen LogP contribution in [-0.2, 0) is 14.3 Å². The van der Waals surface area contributed by atoms with Gasteiger partial charge in [0.2, 0.25) is 0 Å². The lowest BCUT2D eigenvalue weighted by atomic mass is 9.97. The second kappa shape index (κ2) is 7.49. The monoisotopic (exact) mass is 325 g/mol. The Bertz CT molecular complexity index is 533. The van der Waals surface area contributed by atoms with E-state index in [0.717, 1.165) is 5.56 Å². The number of amides is 1. The first kappa shape index (κ1) is 16.6. The molecule has 0 N–H and O–H groups in total. The number of aryl methyl sites for hydroxylation is 1. The highest BCUT2D eigenvalue weighted by atomic mass is 35.5. The minimum Gasteiger partial charge on any atom is -0.482 e. The van der Waals surface area contributed by atoms with Gasteiger partial charge in [0.1, 0.15) is 5.75 Å². The minimum absolute atomic E-state index is 0.0482. The highest BCUT2D eigenvalue weighted by Crippen LogP contribution is 2.28. The molecule has 0 spiro atoms. The van der Waals surface area contributed by atoms with Gasteiger partial charge in [0, 0.05) is 13.1 Å². The number of nitrogens with zero attached hydrogens (tertiary/aromatic N) is 1. The van der Waals surface area contributed by atoms with Crippen molar-refractivity contribution in [2.24, 2.45) is 5.92 Å². The van der Waals surface area contributed by atoms with E-state index in [0.29, 0.717) is 36.7 Å². The first-order chi connectivity index (χ1) is 10.5. The second-order valence-corrected chi connectivity index (χ2v) is 5.76. The zero-order valence-corrected chi connectivity index (χ0v) is 13.6. The van der Waals surface area contributed by atoms with Crippen LogP contribution in [0.1, 0.15) is 18.4 Å². The number of hydrogen-bond acceptors (Lipinski definition) is 4. The maximum atomic E-state index is 12.2. The van der Waals surface area contributed by atoms with Gasteiger partial charge >= 0.3 is 5.97 Å². The molecule has 6 heteroatoms. The van der Waals surface area contributed by atoms with Crippen molar-refractivity contribution in [1.29, 1.82) is 0 Å². The fraction of sp³-hybridized carbons (Fsp3) is 0.500. The van der Waals surface area contributed by atoms with Crippen molar-refractivity contribution in [2.75, 3.05) is 26.8 Å². The van der Waals surface area contributed by atoms with Crippen molar-refractivity contribution >= 4 is 23.5 Å². The molecule has 0 saturated carbocycles. The molecule has 1 aliphatic heterocycles. The normalized spacial score (nSPS) is 15.5. The Morgan fingerprint density at radius 3 is 2.59 bits per heavy atom. The van der Waals surface area contributed by atoms with E-state index in [-0.39, 0.29) is 24.4 Å².